The normalized spacial score (nSPS) is 14.6. The van der Waals surface area contributed by atoms with E-state index in [4.69, 9.17) is 14.4 Å². The zero-order chi connectivity index (χ0) is 31.2. The van der Waals surface area contributed by atoms with Crippen LogP contribution in [0.1, 0.15) is 22.9 Å². The van der Waals surface area contributed by atoms with Crippen LogP contribution in [0.5, 0.6) is 0 Å². The molecular weight excluding hydrogens is 574 g/mol. The van der Waals surface area contributed by atoms with Crippen molar-refractivity contribution in [2.75, 3.05) is 0 Å². The molecule has 1 aromatic heterocycles. The van der Waals surface area contributed by atoms with Crippen molar-refractivity contribution in [3.8, 4) is 22.3 Å². The van der Waals surface area contributed by atoms with Crippen LogP contribution in [-0.2, 0) is 0 Å². The summed E-state index contributed by atoms with van der Waals surface area (Å²) in [7, 11) is 0. The van der Waals surface area contributed by atoms with Gasteiger partial charge < -0.3 is 9.73 Å². The van der Waals surface area contributed by atoms with Crippen molar-refractivity contribution >= 4 is 44.4 Å². The Bertz CT molecular complexity index is 2470. The van der Waals surface area contributed by atoms with E-state index in [2.05, 4.69) is 133 Å². The highest BCUT2D eigenvalue weighted by molar-refractivity contribution is 6.18. The van der Waals surface area contributed by atoms with Crippen LogP contribution >= 0.6 is 0 Å². The molecule has 0 saturated carbocycles. The number of fused-ring (bicyclic) bond motifs is 4. The monoisotopic (exact) mass is 603 g/mol. The van der Waals surface area contributed by atoms with Crippen molar-refractivity contribution < 1.29 is 4.42 Å². The highest BCUT2D eigenvalue weighted by Gasteiger charge is 2.25. The summed E-state index contributed by atoms with van der Waals surface area (Å²) >= 11 is 0. The third-order valence-electron chi connectivity index (χ3n) is 8.97. The summed E-state index contributed by atoms with van der Waals surface area (Å²) in [6, 6.07) is 56.9. The van der Waals surface area contributed by atoms with Crippen LogP contribution in [-0.4, -0.2) is 11.7 Å². The number of nitrogens with zero attached hydrogens (tertiary/aromatic N) is 2. The molecule has 0 amide bonds. The van der Waals surface area contributed by atoms with Gasteiger partial charge in [0.05, 0.1) is 0 Å². The van der Waals surface area contributed by atoms with E-state index in [9.17, 15) is 0 Å². The second-order valence-corrected chi connectivity index (χ2v) is 11.8. The van der Waals surface area contributed by atoms with Crippen LogP contribution in [0.3, 0.4) is 0 Å². The molecule has 0 saturated heterocycles. The number of amidine groups is 2. The molecule has 4 heteroatoms. The largest absolute Gasteiger partial charge is 0.456 e. The van der Waals surface area contributed by atoms with Gasteiger partial charge in [0.15, 0.2) is 5.84 Å². The van der Waals surface area contributed by atoms with Crippen LogP contribution in [0.2, 0.25) is 0 Å². The number of furan rings is 1. The minimum atomic E-state index is -0.369. The molecule has 47 heavy (non-hydrogen) atoms. The van der Waals surface area contributed by atoms with Gasteiger partial charge in [-0.25, -0.2) is 9.98 Å². The van der Waals surface area contributed by atoms with Crippen molar-refractivity contribution in [1.82, 2.24) is 5.32 Å². The Morgan fingerprint density at radius 1 is 0.489 bits per heavy atom. The molecule has 1 aliphatic rings. The summed E-state index contributed by atoms with van der Waals surface area (Å²) in [5.74, 6) is 1.50. The van der Waals surface area contributed by atoms with Gasteiger partial charge in [0, 0.05) is 27.5 Å². The van der Waals surface area contributed by atoms with Gasteiger partial charge in [0.25, 0.3) is 0 Å². The molecule has 0 radical (unpaired) electrons. The van der Waals surface area contributed by atoms with Gasteiger partial charge in [-0.2, -0.15) is 0 Å². The fourth-order valence-electron chi connectivity index (χ4n) is 6.64. The van der Waals surface area contributed by atoms with E-state index in [1.54, 1.807) is 0 Å². The molecule has 1 N–H and O–H groups in total. The lowest BCUT2D eigenvalue weighted by Gasteiger charge is -2.24. The van der Waals surface area contributed by atoms with Gasteiger partial charge in [-0.1, -0.05) is 146 Å². The van der Waals surface area contributed by atoms with Gasteiger partial charge in [-0.3, -0.25) is 0 Å². The van der Waals surface area contributed by atoms with Crippen molar-refractivity contribution in [1.29, 1.82) is 0 Å². The Morgan fingerprint density at radius 2 is 1.13 bits per heavy atom. The molecule has 2 heterocycles. The van der Waals surface area contributed by atoms with Crippen molar-refractivity contribution in [2.24, 2.45) is 9.98 Å². The fourth-order valence-corrected chi connectivity index (χ4v) is 6.64. The van der Waals surface area contributed by atoms with E-state index >= 15 is 0 Å². The zero-order valence-electron chi connectivity index (χ0n) is 25.5. The first-order valence-corrected chi connectivity index (χ1v) is 15.9. The summed E-state index contributed by atoms with van der Waals surface area (Å²) in [6.07, 6.45) is -0.369. The molecule has 4 nitrogen and oxygen atoms in total. The molecule has 8 aromatic rings. The van der Waals surface area contributed by atoms with E-state index in [-0.39, 0.29) is 6.17 Å². The Balaban J connectivity index is 1.14. The maximum atomic E-state index is 6.51. The topological polar surface area (TPSA) is 49.9 Å². The molecule has 0 aliphatic carbocycles. The van der Waals surface area contributed by atoms with Crippen LogP contribution in [0.15, 0.2) is 178 Å². The lowest BCUT2D eigenvalue weighted by atomic mass is 9.98. The Kier molecular flexibility index (Phi) is 6.50. The van der Waals surface area contributed by atoms with Crippen LogP contribution in [0.4, 0.5) is 0 Å². The molecule has 0 bridgehead atoms. The van der Waals surface area contributed by atoms with Gasteiger partial charge in [-0.15, -0.1) is 0 Å². The molecule has 1 unspecified atom stereocenters. The molecule has 1 aliphatic heterocycles. The lowest BCUT2D eigenvalue weighted by Crippen LogP contribution is -2.33. The minimum absolute atomic E-state index is 0.369. The SMILES string of the molecule is c1ccc(C2=NC(c3cccc4oc5cc(-c6ccc(-c7ccccc7)cc6)ccc5c34)NC(c3cccc4ccccc34)=N2)cc1. The fraction of sp³-hybridized carbons (Fsp3) is 0.0233. The van der Waals surface area contributed by atoms with Gasteiger partial charge >= 0.3 is 0 Å². The summed E-state index contributed by atoms with van der Waals surface area (Å²) in [6.45, 7) is 0. The highest BCUT2D eigenvalue weighted by atomic mass is 16.3. The smallest absolute Gasteiger partial charge is 0.159 e. The number of aliphatic imine (C=N–C) groups is 2. The molecule has 0 spiro atoms. The number of hydrogen-bond donors (Lipinski definition) is 1. The van der Waals surface area contributed by atoms with Crippen molar-refractivity contribution in [2.45, 2.75) is 6.17 Å². The van der Waals surface area contributed by atoms with Crippen molar-refractivity contribution in [3.63, 3.8) is 0 Å². The van der Waals surface area contributed by atoms with Gasteiger partial charge in [0.2, 0.25) is 0 Å². The Labute approximate surface area is 272 Å². The summed E-state index contributed by atoms with van der Waals surface area (Å²) < 4.78 is 6.51. The third-order valence-corrected chi connectivity index (χ3v) is 8.97. The molecule has 222 valence electrons. The van der Waals surface area contributed by atoms with Crippen molar-refractivity contribution in [3.05, 3.63) is 180 Å². The van der Waals surface area contributed by atoms with E-state index in [0.29, 0.717) is 5.84 Å². The molecular formula is C43H29N3O. The quantitative estimate of drug-likeness (QED) is 0.213. The van der Waals surface area contributed by atoms with Crippen LogP contribution < -0.4 is 5.32 Å². The van der Waals surface area contributed by atoms with E-state index in [1.165, 1.54) is 16.5 Å². The average molecular weight is 604 g/mol. The van der Waals surface area contributed by atoms with E-state index < -0.39 is 0 Å². The Morgan fingerprint density at radius 3 is 1.94 bits per heavy atom. The first kappa shape index (κ1) is 27.1. The van der Waals surface area contributed by atoms with Crippen LogP contribution in [0.25, 0.3) is 55.0 Å². The molecule has 1 atom stereocenters. The van der Waals surface area contributed by atoms with E-state index in [1.807, 2.05) is 36.4 Å². The summed E-state index contributed by atoms with van der Waals surface area (Å²) in [5.41, 5.74) is 9.42. The molecule has 9 rings (SSSR count). The highest BCUT2D eigenvalue weighted by Crippen LogP contribution is 2.38. The van der Waals surface area contributed by atoms with Gasteiger partial charge in [0.1, 0.15) is 23.2 Å². The first-order chi connectivity index (χ1) is 23.3. The number of hydrogen-bond acceptors (Lipinski definition) is 4. The lowest BCUT2D eigenvalue weighted by molar-refractivity contribution is 0.662. The first-order valence-electron chi connectivity index (χ1n) is 15.9. The molecule has 7 aromatic carbocycles. The van der Waals surface area contributed by atoms with E-state index in [0.717, 1.165) is 61.0 Å². The number of benzene rings is 7. The maximum Gasteiger partial charge on any atom is 0.159 e. The average Bonchev–Trinajstić information content (AvgIpc) is 3.53. The third kappa shape index (κ3) is 4.88. The Hall–Kier alpha value is -6.26. The minimum Gasteiger partial charge on any atom is -0.456 e. The van der Waals surface area contributed by atoms with Crippen LogP contribution in [0, 0.1) is 0 Å². The van der Waals surface area contributed by atoms with Gasteiger partial charge in [-0.05, 0) is 51.2 Å². The standard InChI is InChI=1S/C43H29N3O/c1-3-11-28(12-4-1)29-21-23-30(24-22-29)33-25-26-36-39(27-33)47-38-20-10-19-37(40(36)38)43-45-41(32-14-5-2-6-15-32)44-42(46-43)35-18-9-16-31-13-7-8-17-34(31)35/h1-27,43H,(H,44,45,46). The zero-order valence-corrected chi connectivity index (χ0v) is 25.5. The number of rotatable bonds is 5. The summed E-state index contributed by atoms with van der Waals surface area (Å²) in [4.78, 5) is 10.3. The molecule has 0 fully saturated rings. The second-order valence-electron chi connectivity index (χ2n) is 11.8. The predicted octanol–water partition coefficient (Wildman–Crippen LogP) is 10.6. The predicted molar refractivity (Wildman–Crippen MR) is 194 cm³/mol. The summed E-state index contributed by atoms with van der Waals surface area (Å²) in [5, 5.41) is 8.13. The second kappa shape index (κ2) is 11.3. The maximum absolute atomic E-state index is 6.51. The number of nitrogens with one attached hydrogen (secondary N) is 1.